The lowest BCUT2D eigenvalue weighted by molar-refractivity contribution is -0.116. The molecule has 0 spiro atoms. The number of carbonyl (C=O) groups excluding carboxylic acids is 1. The lowest BCUT2D eigenvalue weighted by atomic mass is 10.1. The maximum Gasteiger partial charge on any atom is 0.325 e. The van der Waals surface area contributed by atoms with Crippen LogP contribution in [0.2, 0.25) is 0 Å². The van der Waals surface area contributed by atoms with Gasteiger partial charge in [-0.05, 0) is 67.4 Å². The number of nitrogens with zero attached hydrogens (tertiary/aromatic N) is 3. The van der Waals surface area contributed by atoms with Crippen molar-refractivity contribution in [2.24, 2.45) is 10.2 Å². The number of hydrogen-bond donors (Lipinski definition) is 3. The average Bonchev–Trinajstić information content (AvgIpc) is 2.93. The molecule has 0 unspecified atom stereocenters. The molecule has 212 valence electrons. The minimum Gasteiger partial charge on any atom is -0.378 e. The Labute approximate surface area is 233 Å². The molecule has 1 amide bonds. The van der Waals surface area contributed by atoms with Crippen LogP contribution < -0.4 is 21.5 Å². The van der Waals surface area contributed by atoms with E-state index in [0.29, 0.717) is 24.3 Å². The molecule has 3 N–H and O–H groups in total. The van der Waals surface area contributed by atoms with Gasteiger partial charge in [0.05, 0.1) is 27.6 Å². The molecular formula is C28H34N6O5S. The molecule has 0 aliphatic heterocycles. The summed E-state index contributed by atoms with van der Waals surface area (Å²) in [5.74, 6) is -0.278. The summed E-state index contributed by atoms with van der Waals surface area (Å²) in [5, 5.41) is 11.1. The third kappa shape index (κ3) is 9.77. The summed E-state index contributed by atoms with van der Waals surface area (Å²) < 4.78 is 25.3. The molecule has 0 bridgehead atoms. The van der Waals surface area contributed by atoms with Crippen LogP contribution >= 0.6 is 0 Å². The highest BCUT2D eigenvalue weighted by molar-refractivity contribution is 7.91. The van der Waals surface area contributed by atoms with Crippen LogP contribution in [0.1, 0.15) is 37.7 Å². The zero-order valence-corrected chi connectivity index (χ0v) is 23.4. The number of aromatic amines is 2. The molecule has 0 saturated carbocycles. The van der Waals surface area contributed by atoms with Crippen LogP contribution in [0, 0.1) is 0 Å². The molecule has 0 aliphatic rings. The molecule has 2 aromatic carbocycles. The van der Waals surface area contributed by atoms with Crippen molar-refractivity contribution in [2.75, 3.05) is 31.3 Å². The number of aromatic nitrogens is 2. The van der Waals surface area contributed by atoms with Gasteiger partial charge in [-0.1, -0.05) is 19.3 Å². The molecule has 0 aliphatic carbocycles. The fraction of sp³-hybridized carbons (Fsp3) is 0.321. The molecule has 1 heterocycles. The van der Waals surface area contributed by atoms with Gasteiger partial charge in [0.2, 0.25) is 5.91 Å². The van der Waals surface area contributed by atoms with Gasteiger partial charge in [-0.3, -0.25) is 14.6 Å². The number of amides is 1. The van der Waals surface area contributed by atoms with Crippen molar-refractivity contribution in [1.82, 2.24) is 15.3 Å². The zero-order chi connectivity index (χ0) is 29.0. The standard InChI is InChI=1S/C28H34N6O5S/c1-34(2)24-13-9-22(10-14-24)32-33-23-11-15-25(16-12-23)40(38,39)19-7-5-3-4-6-18-29-26(35)17-8-21-20-30-28(37)31-27(21)36/h8-17,20H,3-7,18-19H2,1-2H3,(H,29,35)(H2,30,31,36,37)/b17-8+,33-32?. The fourth-order valence-electron chi connectivity index (χ4n) is 3.70. The van der Waals surface area contributed by atoms with Crippen LogP contribution in [0.15, 0.2) is 85.5 Å². The Morgan fingerprint density at radius 3 is 2.12 bits per heavy atom. The summed E-state index contributed by atoms with van der Waals surface area (Å²) in [7, 11) is 0.538. The first-order valence-electron chi connectivity index (χ1n) is 12.9. The first-order valence-corrected chi connectivity index (χ1v) is 14.6. The van der Waals surface area contributed by atoms with E-state index >= 15 is 0 Å². The lowest BCUT2D eigenvalue weighted by Crippen LogP contribution is -2.24. The van der Waals surface area contributed by atoms with Gasteiger partial charge in [0.25, 0.3) is 5.56 Å². The summed E-state index contributed by atoms with van der Waals surface area (Å²) in [6.07, 6.45) is 7.56. The maximum atomic E-state index is 12.7. The van der Waals surface area contributed by atoms with Crippen LogP contribution in [-0.4, -0.2) is 50.7 Å². The van der Waals surface area contributed by atoms with E-state index in [2.05, 4.69) is 25.5 Å². The first-order chi connectivity index (χ1) is 19.1. The van der Waals surface area contributed by atoms with Gasteiger partial charge in [0.15, 0.2) is 9.84 Å². The van der Waals surface area contributed by atoms with Gasteiger partial charge in [0, 0.05) is 38.6 Å². The monoisotopic (exact) mass is 566 g/mol. The Kier molecular flexibility index (Phi) is 11.1. The van der Waals surface area contributed by atoms with E-state index in [0.717, 1.165) is 31.4 Å². The number of carbonyl (C=O) groups is 1. The van der Waals surface area contributed by atoms with E-state index in [-0.39, 0.29) is 22.1 Å². The summed E-state index contributed by atoms with van der Waals surface area (Å²) in [6.45, 7) is 0.467. The first kappa shape index (κ1) is 30.2. The van der Waals surface area contributed by atoms with Gasteiger partial charge >= 0.3 is 5.69 Å². The molecule has 11 nitrogen and oxygen atoms in total. The lowest BCUT2D eigenvalue weighted by Gasteiger charge is -2.11. The van der Waals surface area contributed by atoms with Crippen LogP contribution in [0.4, 0.5) is 17.1 Å². The van der Waals surface area contributed by atoms with Gasteiger partial charge in [-0.15, -0.1) is 0 Å². The Balaban J connectivity index is 1.32. The molecule has 0 fully saturated rings. The molecule has 0 atom stereocenters. The van der Waals surface area contributed by atoms with Gasteiger partial charge in [-0.25, -0.2) is 13.2 Å². The number of anilines is 1. The van der Waals surface area contributed by atoms with Gasteiger partial charge in [-0.2, -0.15) is 10.2 Å². The number of azo groups is 1. The van der Waals surface area contributed by atoms with Crippen molar-refractivity contribution in [3.63, 3.8) is 0 Å². The molecule has 1 aromatic heterocycles. The van der Waals surface area contributed by atoms with Crippen molar-refractivity contribution < 1.29 is 13.2 Å². The summed E-state index contributed by atoms with van der Waals surface area (Å²) in [5.41, 5.74) is 1.33. The topological polar surface area (TPSA) is 157 Å². The van der Waals surface area contributed by atoms with E-state index in [1.807, 2.05) is 43.3 Å². The van der Waals surface area contributed by atoms with Crippen LogP contribution in [0.5, 0.6) is 0 Å². The SMILES string of the molecule is CN(C)c1ccc(N=Nc2ccc(S(=O)(=O)CCCCCCCNC(=O)/C=C/c3c[nH]c(=O)[nH]c3=O)cc2)cc1. The van der Waals surface area contributed by atoms with E-state index < -0.39 is 21.1 Å². The number of sulfone groups is 1. The van der Waals surface area contributed by atoms with E-state index in [9.17, 15) is 22.8 Å². The van der Waals surface area contributed by atoms with Crippen molar-refractivity contribution in [2.45, 2.75) is 37.0 Å². The second-order valence-electron chi connectivity index (χ2n) is 9.34. The number of H-pyrrole nitrogens is 2. The van der Waals surface area contributed by atoms with Gasteiger partial charge in [0.1, 0.15) is 0 Å². The summed E-state index contributed by atoms with van der Waals surface area (Å²) >= 11 is 0. The normalized spacial score (nSPS) is 11.8. The second kappa shape index (κ2) is 14.7. The molecule has 3 rings (SSSR count). The molecular weight excluding hydrogens is 532 g/mol. The van der Waals surface area contributed by atoms with Crippen LogP contribution in [0.3, 0.4) is 0 Å². The number of hydrogen-bond acceptors (Lipinski definition) is 8. The highest BCUT2D eigenvalue weighted by Gasteiger charge is 2.13. The largest absolute Gasteiger partial charge is 0.378 e. The van der Waals surface area contributed by atoms with Gasteiger partial charge < -0.3 is 15.2 Å². The molecule has 0 radical (unpaired) electrons. The number of nitrogens with one attached hydrogen (secondary N) is 3. The van der Waals surface area contributed by atoms with Crippen molar-refractivity contribution >= 4 is 38.9 Å². The molecule has 40 heavy (non-hydrogen) atoms. The smallest absolute Gasteiger partial charge is 0.325 e. The molecule has 3 aromatic rings. The third-order valence-corrected chi connectivity index (χ3v) is 7.81. The predicted molar refractivity (Wildman–Crippen MR) is 156 cm³/mol. The number of rotatable bonds is 14. The van der Waals surface area contributed by atoms with Crippen LogP contribution in [-0.2, 0) is 14.6 Å². The van der Waals surface area contributed by atoms with E-state index in [4.69, 9.17) is 0 Å². The van der Waals surface area contributed by atoms with Crippen molar-refractivity contribution in [1.29, 1.82) is 0 Å². The number of unbranched alkanes of at least 4 members (excludes halogenated alkanes) is 4. The minimum absolute atomic E-state index is 0.0670. The number of benzene rings is 2. The predicted octanol–water partition coefficient (Wildman–Crippen LogP) is 4.10. The fourth-order valence-corrected chi connectivity index (χ4v) is 5.07. The quantitative estimate of drug-likeness (QED) is 0.151. The minimum atomic E-state index is -3.39. The molecule has 12 heteroatoms. The third-order valence-electron chi connectivity index (χ3n) is 5.99. The van der Waals surface area contributed by atoms with Crippen molar-refractivity contribution in [3.8, 4) is 0 Å². The second-order valence-corrected chi connectivity index (χ2v) is 11.5. The van der Waals surface area contributed by atoms with E-state index in [1.165, 1.54) is 18.3 Å². The maximum absolute atomic E-state index is 12.7. The average molecular weight is 567 g/mol. The highest BCUT2D eigenvalue weighted by Crippen LogP contribution is 2.23. The summed E-state index contributed by atoms with van der Waals surface area (Å²) in [6, 6.07) is 14.0. The molecule has 0 saturated heterocycles. The van der Waals surface area contributed by atoms with E-state index in [1.54, 1.807) is 24.3 Å². The zero-order valence-electron chi connectivity index (χ0n) is 22.6. The summed E-state index contributed by atoms with van der Waals surface area (Å²) in [4.78, 5) is 41.1. The van der Waals surface area contributed by atoms with Crippen LogP contribution in [0.25, 0.3) is 6.08 Å². The Morgan fingerprint density at radius 1 is 0.900 bits per heavy atom. The van der Waals surface area contributed by atoms with Crippen molar-refractivity contribution in [3.05, 3.63) is 87.2 Å². The Bertz CT molecular complexity index is 1540. The highest BCUT2D eigenvalue weighted by atomic mass is 32.2. The Hall–Kier alpha value is -4.32. The Morgan fingerprint density at radius 2 is 1.50 bits per heavy atom.